The third kappa shape index (κ3) is 3.05. The number of aryl methyl sites for hydroxylation is 2. The molecule has 0 amide bonds. The number of benzene rings is 1. The predicted molar refractivity (Wildman–Crippen MR) is 77.6 cm³/mol. The van der Waals surface area contributed by atoms with E-state index >= 15 is 0 Å². The molecule has 0 saturated heterocycles. The number of ether oxygens (including phenoxy) is 1. The minimum absolute atomic E-state index is 0.0739. The molecule has 0 radical (unpaired) electrons. The van der Waals surface area contributed by atoms with E-state index in [1.165, 1.54) is 7.11 Å². The van der Waals surface area contributed by atoms with E-state index in [0.29, 0.717) is 11.5 Å². The van der Waals surface area contributed by atoms with Gasteiger partial charge in [-0.15, -0.1) is 0 Å². The summed E-state index contributed by atoms with van der Waals surface area (Å²) in [5.41, 5.74) is 2.68. The van der Waals surface area contributed by atoms with Gasteiger partial charge in [-0.05, 0) is 37.6 Å². The van der Waals surface area contributed by atoms with Crippen molar-refractivity contribution in [1.29, 1.82) is 0 Å². The molecule has 0 unspecified atom stereocenters. The Labute approximate surface area is 122 Å². The molecular weight excluding hydrogens is 278 g/mol. The first kappa shape index (κ1) is 14.3. The quantitative estimate of drug-likeness (QED) is 0.694. The molecule has 104 valence electrons. The highest BCUT2D eigenvalue weighted by atomic mass is 35.5. The topological polar surface area (TPSA) is 64.1 Å². The predicted octanol–water partition coefficient (Wildman–Crippen LogP) is 3.28. The molecule has 5 nitrogen and oxygen atoms in total. The van der Waals surface area contributed by atoms with E-state index in [0.717, 1.165) is 11.3 Å². The number of halogens is 1. The van der Waals surface area contributed by atoms with Gasteiger partial charge in [0.15, 0.2) is 0 Å². The van der Waals surface area contributed by atoms with Crippen molar-refractivity contribution in [2.24, 2.45) is 0 Å². The number of hydrogen-bond acceptors (Lipinski definition) is 5. The highest BCUT2D eigenvalue weighted by Crippen LogP contribution is 2.23. The maximum atomic E-state index is 11.8. The lowest BCUT2D eigenvalue weighted by Gasteiger charge is -2.12. The molecule has 0 aliphatic rings. The van der Waals surface area contributed by atoms with Crippen LogP contribution in [0.3, 0.4) is 0 Å². The average molecular weight is 292 g/mol. The van der Waals surface area contributed by atoms with Crippen molar-refractivity contribution in [2.75, 3.05) is 12.4 Å². The van der Waals surface area contributed by atoms with Crippen LogP contribution in [0.15, 0.2) is 24.3 Å². The summed E-state index contributed by atoms with van der Waals surface area (Å²) in [5.74, 6) is -0.174. The van der Waals surface area contributed by atoms with E-state index in [4.69, 9.17) is 16.3 Å². The number of rotatable bonds is 3. The second-order valence-electron chi connectivity index (χ2n) is 4.28. The first-order valence-electron chi connectivity index (χ1n) is 5.97. The molecule has 0 fully saturated rings. The van der Waals surface area contributed by atoms with E-state index in [1.807, 2.05) is 31.2 Å². The van der Waals surface area contributed by atoms with Crippen LogP contribution < -0.4 is 5.32 Å². The highest BCUT2D eigenvalue weighted by Gasteiger charge is 2.19. The number of methoxy groups -OCH3 is 1. The lowest BCUT2D eigenvalue weighted by Crippen LogP contribution is -2.11. The van der Waals surface area contributed by atoms with Crippen LogP contribution in [0.4, 0.5) is 11.5 Å². The molecule has 0 bridgehead atoms. The normalized spacial score (nSPS) is 10.2. The highest BCUT2D eigenvalue weighted by molar-refractivity contribution is 6.28. The lowest BCUT2D eigenvalue weighted by atomic mass is 10.2. The molecular formula is C14H14ClN3O2. The summed E-state index contributed by atoms with van der Waals surface area (Å²) in [6, 6.07) is 7.69. The summed E-state index contributed by atoms with van der Waals surface area (Å²) < 4.78 is 4.75. The molecule has 0 spiro atoms. The van der Waals surface area contributed by atoms with Crippen molar-refractivity contribution in [3.8, 4) is 0 Å². The average Bonchev–Trinajstić information content (AvgIpc) is 2.40. The summed E-state index contributed by atoms with van der Waals surface area (Å²) in [7, 11) is 1.31. The summed E-state index contributed by atoms with van der Waals surface area (Å²) in [5, 5.41) is 3.13. The number of anilines is 2. The van der Waals surface area contributed by atoms with E-state index < -0.39 is 5.97 Å². The Morgan fingerprint density at radius 2 is 1.85 bits per heavy atom. The number of carbonyl (C=O) groups excluding carboxylic acids is 1. The third-order valence-electron chi connectivity index (χ3n) is 2.77. The first-order valence-corrected chi connectivity index (χ1v) is 6.35. The van der Waals surface area contributed by atoms with Gasteiger partial charge in [-0.2, -0.15) is 4.98 Å². The van der Waals surface area contributed by atoms with Crippen LogP contribution in [0.5, 0.6) is 0 Å². The molecule has 1 heterocycles. The Kier molecular flexibility index (Phi) is 4.20. The number of hydrogen-bond donors (Lipinski definition) is 1. The summed E-state index contributed by atoms with van der Waals surface area (Å²) in [6.07, 6.45) is 0. The second kappa shape index (κ2) is 5.88. The fourth-order valence-electron chi connectivity index (χ4n) is 1.75. The molecule has 1 N–H and O–H groups in total. The molecule has 0 aliphatic heterocycles. The smallest absolute Gasteiger partial charge is 0.343 e. The monoisotopic (exact) mass is 291 g/mol. The minimum atomic E-state index is -0.506. The van der Waals surface area contributed by atoms with E-state index in [9.17, 15) is 4.79 Å². The van der Waals surface area contributed by atoms with Crippen LogP contribution in [0.25, 0.3) is 0 Å². The maximum Gasteiger partial charge on any atom is 0.343 e. The van der Waals surface area contributed by atoms with Crippen LogP contribution in [-0.2, 0) is 4.74 Å². The molecule has 1 aromatic heterocycles. The largest absolute Gasteiger partial charge is 0.465 e. The fourth-order valence-corrected chi connectivity index (χ4v) is 1.96. The summed E-state index contributed by atoms with van der Waals surface area (Å²) >= 11 is 5.85. The number of nitrogens with zero attached hydrogens (tertiary/aromatic N) is 2. The van der Waals surface area contributed by atoms with E-state index in [-0.39, 0.29) is 10.8 Å². The maximum absolute atomic E-state index is 11.8. The standard InChI is InChI=1S/C14H14ClN3O2/c1-8-4-6-10(7-5-8)17-12-11(13(19)20-3)9(2)16-14(15)18-12/h4-7H,1-3H3,(H,16,17,18). The van der Waals surface area contributed by atoms with Gasteiger partial charge >= 0.3 is 5.97 Å². The molecule has 0 saturated carbocycles. The van der Waals surface area contributed by atoms with Gasteiger partial charge in [0.2, 0.25) is 5.28 Å². The third-order valence-corrected chi connectivity index (χ3v) is 2.94. The van der Waals surface area contributed by atoms with Crippen LogP contribution in [-0.4, -0.2) is 23.0 Å². The van der Waals surface area contributed by atoms with Gasteiger partial charge in [-0.3, -0.25) is 0 Å². The number of nitrogens with one attached hydrogen (secondary N) is 1. The zero-order valence-corrected chi connectivity index (χ0v) is 12.2. The van der Waals surface area contributed by atoms with Gasteiger partial charge in [0, 0.05) is 5.69 Å². The van der Waals surface area contributed by atoms with Crippen molar-refractivity contribution in [3.05, 3.63) is 46.4 Å². The zero-order chi connectivity index (χ0) is 14.7. The summed E-state index contributed by atoms with van der Waals surface area (Å²) in [4.78, 5) is 19.9. The number of aromatic nitrogens is 2. The van der Waals surface area contributed by atoms with Crippen LogP contribution in [0.2, 0.25) is 5.28 Å². The van der Waals surface area contributed by atoms with Crippen LogP contribution in [0.1, 0.15) is 21.6 Å². The molecule has 0 atom stereocenters. The molecule has 2 aromatic rings. The number of carbonyl (C=O) groups is 1. The number of esters is 1. The van der Waals surface area contributed by atoms with Crippen molar-refractivity contribution in [3.63, 3.8) is 0 Å². The Balaban J connectivity index is 2.44. The SMILES string of the molecule is COC(=O)c1c(C)nc(Cl)nc1Nc1ccc(C)cc1. The Morgan fingerprint density at radius 1 is 1.20 bits per heavy atom. The first-order chi connectivity index (χ1) is 9.51. The van der Waals surface area contributed by atoms with Crippen molar-refractivity contribution in [1.82, 2.24) is 9.97 Å². The van der Waals surface area contributed by atoms with Crippen LogP contribution in [0, 0.1) is 13.8 Å². The van der Waals surface area contributed by atoms with Gasteiger partial charge < -0.3 is 10.1 Å². The Morgan fingerprint density at radius 3 is 2.45 bits per heavy atom. The fraction of sp³-hybridized carbons (Fsp3) is 0.214. The van der Waals surface area contributed by atoms with Gasteiger partial charge in [-0.25, -0.2) is 9.78 Å². The Bertz CT molecular complexity index is 642. The van der Waals surface area contributed by atoms with Gasteiger partial charge in [0.25, 0.3) is 0 Å². The Hall–Kier alpha value is -2.14. The van der Waals surface area contributed by atoms with E-state index in [1.54, 1.807) is 6.92 Å². The van der Waals surface area contributed by atoms with Crippen molar-refractivity contribution >= 4 is 29.1 Å². The van der Waals surface area contributed by atoms with Gasteiger partial charge in [-0.1, -0.05) is 17.7 Å². The van der Waals surface area contributed by atoms with Gasteiger partial charge in [0.05, 0.1) is 12.8 Å². The summed E-state index contributed by atoms with van der Waals surface area (Å²) in [6.45, 7) is 3.68. The molecule has 20 heavy (non-hydrogen) atoms. The molecule has 0 aliphatic carbocycles. The lowest BCUT2D eigenvalue weighted by molar-refractivity contribution is 0.0600. The van der Waals surface area contributed by atoms with Crippen LogP contribution >= 0.6 is 11.6 Å². The minimum Gasteiger partial charge on any atom is -0.465 e. The molecule has 1 aromatic carbocycles. The van der Waals surface area contributed by atoms with Crippen molar-refractivity contribution in [2.45, 2.75) is 13.8 Å². The van der Waals surface area contributed by atoms with Gasteiger partial charge in [0.1, 0.15) is 11.4 Å². The second-order valence-corrected chi connectivity index (χ2v) is 4.62. The molecule has 2 rings (SSSR count). The zero-order valence-electron chi connectivity index (χ0n) is 11.4. The van der Waals surface area contributed by atoms with Crippen molar-refractivity contribution < 1.29 is 9.53 Å². The van der Waals surface area contributed by atoms with E-state index in [2.05, 4.69) is 15.3 Å². The molecule has 6 heteroatoms.